The van der Waals surface area contributed by atoms with Gasteiger partial charge in [0.2, 0.25) is 0 Å². The molecular weight excluding hydrogens is 348 g/mol. The first kappa shape index (κ1) is 18.7. The minimum atomic E-state index is -0.552. The van der Waals surface area contributed by atoms with Gasteiger partial charge in [-0.05, 0) is 11.1 Å². The van der Waals surface area contributed by atoms with Crippen LogP contribution in [0.3, 0.4) is 0 Å². The summed E-state index contributed by atoms with van der Waals surface area (Å²) in [6, 6.07) is 18.7. The lowest BCUT2D eigenvalue weighted by Crippen LogP contribution is -2.44. The number of carbonyl (C=O) groups is 2. The van der Waals surface area contributed by atoms with E-state index in [1.54, 1.807) is 0 Å². The number of hydrogen-bond donors (Lipinski definition) is 2. The van der Waals surface area contributed by atoms with Crippen LogP contribution in [0.5, 0.6) is 0 Å². The van der Waals surface area contributed by atoms with Crippen LogP contribution in [0.15, 0.2) is 60.7 Å². The predicted molar refractivity (Wildman–Crippen MR) is 97.9 cm³/mol. The molecule has 0 aliphatic carbocycles. The molecule has 2 unspecified atom stereocenters. The molecule has 3 rings (SSSR count). The predicted octanol–water partition coefficient (Wildman–Crippen LogP) is 2.61. The molecule has 1 fully saturated rings. The zero-order chi connectivity index (χ0) is 18.9. The van der Waals surface area contributed by atoms with Crippen molar-refractivity contribution in [3.05, 3.63) is 71.8 Å². The lowest BCUT2D eigenvalue weighted by molar-refractivity contribution is 0.0272. The van der Waals surface area contributed by atoms with Crippen LogP contribution >= 0.6 is 0 Å². The maximum Gasteiger partial charge on any atom is 0.407 e. The van der Waals surface area contributed by atoms with Gasteiger partial charge in [0.25, 0.3) is 0 Å². The number of amides is 2. The summed E-state index contributed by atoms with van der Waals surface area (Å²) in [5, 5.41) is 5.31. The molecule has 0 radical (unpaired) electrons. The van der Waals surface area contributed by atoms with Crippen molar-refractivity contribution in [2.24, 2.45) is 0 Å². The molecule has 1 aliphatic heterocycles. The Kier molecular flexibility index (Phi) is 6.65. The summed E-state index contributed by atoms with van der Waals surface area (Å²) in [5.74, 6) is 0. The Hall–Kier alpha value is -3.06. The zero-order valence-corrected chi connectivity index (χ0v) is 14.8. The van der Waals surface area contributed by atoms with Crippen molar-refractivity contribution in [2.75, 3.05) is 13.2 Å². The van der Waals surface area contributed by atoms with Crippen molar-refractivity contribution in [3.63, 3.8) is 0 Å². The molecule has 1 heterocycles. The highest BCUT2D eigenvalue weighted by Crippen LogP contribution is 2.11. The third kappa shape index (κ3) is 6.00. The van der Waals surface area contributed by atoms with Crippen molar-refractivity contribution >= 4 is 12.2 Å². The number of nitrogens with one attached hydrogen (secondary N) is 2. The molecule has 142 valence electrons. The van der Waals surface area contributed by atoms with E-state index in [9.17, 15) is 9.59 Å². The fraction of sp³-hybridized carbons (Fsp3) is 0.300. The Bertz CT molecular complexity index is 739. The SMILES string of the molecule is O=C(NCC1NC(=O)OC1COCc1ccccc1)OCc1ccccc1. The number of hydrogen-bond acceptors (Lipinski definition) is 5. The van der Waals surface area contributed by atoms with E-state index in [-0.39, 0.29) is 25.8 Å². The lowest BCUT2D eigenvalue weighted by Gasteiger charge is -2.17. The summed E-state index contributed by atoms with van der Waals surface area (Å²) in [7, 11) is 0. The van der Waals surface area contributed by atoms with Gasteiger partial charge in [-0.15, -0.1) is 0 Å². The highest BCUT2D eigenvalue weighted by Gasteiger charge is 2.34. The van der Waals surface area contributed by atoms with Crippen LogP contribution in [0.1, 0.15) is 11.1 Å². The summed E-state index contributed by atoms with van der Waals surface area (Å²) in [4.78, 5) is 23.4. The van der Waals surface area contributed by atoms with Gasteiger partial charge >= 0.3 is 12.2 Å². The lowest BCUT2D eigenvalue weighted by atomic mass is 10.2. The summed E-state index contributed by atoms with van der Waals surface area (Å²) >= 11 is 0. The van der Waals surface area contributed by atoms with Crippen LogP contribution in [0.25, 0.3) is 0 Å². The van der Waals surface area contributed by atoms with E-state index in [0.29, 0.717) is 6.61 Å². The number of benzene rings is 2. The van der Waals surface area contributed by atoms with Gasteiger partial charge in [-0.3, -0.25) is 0 Å². The van der Waals surface area contributed by atoms with Crippen molar-refractivity contribution in [2.45, 2.75) is 25.4 Å². The molecule has 1 aliphatic rings. The van der Waals surface area contributed by atoms with E-state index >= 15 is 0 Å². The molecular formula is C20H22N2O5. The zero-order valence-electron chi connectivity index (χ0n) is 14.8. The molecule has 27 heavy (non-hydrogen) atoms. The van der Waals surface area contributed by atoms with Gasteiger partial charge in [-0.1, -0.05) is 60.7 Å². The van der Waals surface area contributed by atoms with E-state index in [1.165, 1.54) is 0 Å². The molecule has 1 saturated heterocycles. The second-order valence-corrected chi connectivity index (χ2v) is 6.14. The first-order valence-electron chi connectivity index (χ1n) is 8.74. The topological polar surface area (TPSA) is 85.9 Å². The summed E-state index contributed by atoms with van der Waals surface area (Å²) in [6.45, 7) is 1.04. The monoisotopic (exact) mass is 370 g/mol. The molecule has 2 aromatic rings. The van der Waals surface area contributed by atoms with E-state index in [2.05, 4.69) is 10.6 Å². The molecule has 0 bridgehead atoms. The fourth-order valence-electron chi connectivity index (χ4n) is 2.67. The maximum absolute atomic E-state index is 11.8. The van der Waals surface area contributed by atoms with Gasteiger partial charge in [-0.25, -0.2) is 9.59 Å². The van der Waals surface area contributed by atoms with Gasteiger partial charge in [0.05, 0.1) is 19.3 Å². The first-order valence-corrected chi connectivity index (χ1v) is 8.74. The van der Waals surface area contributed by atoms with E-state index in [1.807, 2.05) is 60.7 Å². The van der Waals surface area contributed by atoms with Crippen LogP contribution in [0, 0.1) is 0 Å². The Morgan fingerprint density at radius 2 is 1.63 bits per heavy atom. The van der Waals surface area contributed by atoms with Crippen LogP contribution in [0.4, 0.5) is 9.59 Å². The summed E-state index contributed by atoms with van der Waals surface area (Å²) in [5.41, 5.74) is 1.94. The van der Waals surface area contributed by atoms with Gasteiger partial charge in [0, 0.05) is 6.54 Å². The van der Waals surface area contributed by atoms with Crippen molar-refractivity contribution < 1.29 is 23.8 Å². The normalized spacial score (nSPS) is 18.4. The molecule has 0 aromatic heterocycles. The smallest absolute Gasteiger partial charge is 0.407 e. The number of carbonyl (C=O) groups excluding carboxylic acids is 2. The first-order chi connectivity index (χ1) is 13.2. The summed E-state index contributed by atoms with van der Waals surface area (Å²) in [6.07, 6.45) is -1.55. The van der Waals surface area contributed by atoms with Crippen molar-refractivity contribution in [1.29, 1.82) is 0 Å². The van der Waals surface area contributed by atoms with E-state index < -0.39 is 18.3 Å². The Labute approximate surface area is 157 Å². The quantitative estimate of drug-likeness (QED) is 0.746. The van der Waals surface area contributed by atoms with Gasteiger partial charge < -0.3 is 24.8 Å². The third-order valence-electron chi connectivity index (χ3n) is 4.08. The fourth-order valence-corrected chi connectivity index (χ4v) is 2.67. The number of ether oxygens (including phenoxy) is 3. The van der Waals surface area contributed by atoms with Gasteiger partial charge in [0.1, 0.15) is 12.7 Å². The molecule has 2 N–H and O–H groups in total. The van der Waals surface area contributed by atoms with E-state index in [4.69, 9.17) is 14.2 Å². The molecule has 2 atom stereocenters. The minimum absolute atomic E-state index is 0.184. The molecule has 7 nitrogen and oxygen atoms in total. The standard InChI is InChI=1S/C20H22N2O5/c23-19(26-13-16-9-5-2-6-10-16)21-11-17-18(27-20(24)22-17)14-25-12-15-7-3-1-4-8-15/h1-10,17-18H,11-14H2,(H,21,23)(H,22,24). The number of rotatable bonds is 8. The Morgan fingerprint density at radius 3 is 2.30 bits per heavy atom. The highest BCUT2D eigenvalue weighted by molar-refractivity contribution is 5.71. The molecule has 2 aromatic carbocycles. The second kappa shape index (κ2) is 9.59. The molecule has 7 heteroatoms. The van der Waals surface area contributed by atoms with Crippen molar-refractivity contribution in [1.82, 2.24) is 10.6 Å². The van der Waals surface area contributed by atoms with Gasteiger partial charge in [-0.2, -0.15) is 0 Å². The number of alkyl carbamates (subject to hydrolysis) is 2. The third-order valence-corrected chi connectivity index (χ3v) is 4.08. The number of cyclic esters (lactones) is 1. The second-order valence-electron chi connectivity index (χ2n) is 6.14. The largest absolute Gasteiger partial charge is 0.445 e. The average molecular weight is 370 g/mol. The maximum atomic E-state index is 11.8. The van der Waals surface area contributed by atoms with Crippen LogP contribution in [-0.4, -0.2) is 37.5 Å². The van der Waals surface area contributed by atoms with Crippen molar-refractivity contribution in [3.8, 4) is 0 Å². The summed E-state index contributed by atoms with van der Waals surface area (Å²) < 4.78 is 16.0. The van der Waals surface area contributed by atoms with Crippen LogP contribution in [-0.2, 0) is 27.4 Å². The molecule has 0 saturated carbocycles. The molecule has 2 amide bonds. The molecule has 0 spiro atoms. The minimum Gasteiger partial charge on any atom is -0.445 e. The van der Waals surface area contributed by atoms with Crippen LogP contribution in [0.2, 0.25) is 0 Å². The average Bonchev–Trinajstić information content (AvgIpc) is 3.06. The Morgan fingerprint density at radius 1 is 1.00 bits per heavy atom. The van der Waals surface area contributed by atoms with Gasteiger partial charge in [0.15, 0.2) is 0 Å². The Balaban J connectivity index is 1.39. The van der Waals surface area contributed by atoms with E-state index in [0.717, 1.165) is 11.1 Å². The highest BCUT2D eigenvalue weighted by atomic mass is 16.6. The van der Waals surface area contributed by atoms with Crippen LogP contribution < -0.4 is 10.6 Å².